The van der Waals surface area contributed by atoms with Crippen LogP contribution in [0.25, 0.3) is 22.1 Å². The third-order valence-electron chi connectivity index (χ3n) is 5.87. The van der Waals surface area contributed by atoms with E-state index in [1.54, 1.807) is 0 Å². The molecule has 0 saturated carbocycles. The zero-order chi connectivity index (χ0) is 20.9. The van der Waals surface area contributed by atoms with Gasteiger partial charge in [0.15, 0.2) is 11.8 Å². The molecule has 0 aliphatic carbocycles. The van der Waals surface area contributed by atoms with Crippen LogP contribution in [0.5, 0.6) is 6.01 Å². The number of nitrogens with one attached hydrogen (secondary N) is 2. The maximum absolute atomic E-state index is 9.88. The summed E-state index contributed by atoms with van der Waals surface area (Å²) in [5.74, 6) is 0. The molecule has 9 nitrogen and oxygen atoms in total. The maximum atomic E-state index is 9.88. The highest BCUT2D eigenvalue weighted by atomic mass is 35.5. The molecule has 0 spiro atoms. The Bertz CT molecular complexity index is 1260. The Morgan fingerprint density at radius 3 is 2.94 bits per heavy atom. The van der Waals surface area contributed by atoms with E-state index in [1.165, 1.54) is 0 Å². The highest BCUT2D eigenvalue weighted by Gasteiger charge is 2.48. The van der Waals surface area contributed by atoms with Gasteiger partial charge in [0, 0.05) is 11.1 Å². The molecule has 0 radical (unpaired) electrons. The first-order valence-corrected chi connectivity index (χ1v) is 10.6. The second-order valence-corrected chi connectivity index (χ2v) is 8.28. The Morgan fingerprint density at radius 1 is 1.13 bits per heavy atom. The number of aryl methyl sites for hydroxylation is 2. The Kier molecular flexibility index (Phi) is 4.57. The highest BCUT2D eigenvalue weighted by Crippen LogP contribution is 2.30. The van der Waals surface area contributed by atoms with Gasteiger partial charge in [-0.3, -0.25) is 5.10 Å². The van der Waals surface area contributed by atoms with Crippen LogP contribution in [0.3, 0.4) is 0 Å². The van der Waals surface area contributed by atoms with E-state index in [9.17, 15) is 5.11 Å². The Balaban J connectivity index is 1.20. The molecule has 0 amide bonds. The van der Waals surface area contributed by atoms with Gasteiger partial charge in [-0.15, -0.1) is 0 Å². The average molecular weight is 442 g/mol. The van der Waals surface area contributed by atoms with Crippen molar-refractivity contribution in [2.24, 2.45) is 0 Å². The van der Waals surface area contributed by atoms with E-state index < -0.39 is 6.10 Å². The average Bonchev–Trinajstić information content (AvgIpc) is 3.52. The first-order chi connectivity index (χ1) is 15.2. The SMILES string of the molecule is O[C@@H]1CO[C@H]2[C@@H]1OC[C@H]2Oc1nc2nc(CCc3[nH]nc4ccccc34)c(Cl)cc2[nH]1. The van der Waals surface area contributed by atoms with Gasteiger partial charge in [0.1, 0.15) is 18.3 Å². The number of aliphatic hydroxyl groups is 1. The largest absolute Gasteiger partial charge is 0.456 e. The zero-order valence-corrected chi connectivity index (χ0v) is 17.2. The van der Waals surface area contributed by atoms with Crippen LogP contribution in [0.4, 0.5) is 0 Å². The molecule has 0 bridgehead atoms. The lowest BCUT2D eigenvalue weighted by atomic mass is 10.1. The molecular formula is C21H20ClN5O4. The number of imidazole rings is 1. The van der Waals surface area contributed by atoms with Crippen LogP contribution in [0.2, 0.25) is 5.02 Å². The van der Waals surface area contributed by atoms with Crippen molar-refractivity contribution in [1.82, 2.24) is 25.1 Å². The molecule has 3 N–H and O–H groups in total. The third-order valence-corrected chi connectivity index (χ3v) is 6.20. The number of aliphatic hydroxyl groups excluding tert-OH is 1. The van der Waals surface area contributed by atoms with Crippen molar-refractivity contribution < 1.29 is 19.3 Å². The predicted octanol–water partition coefficient (Wildman–Crippen LogP) is 2.18. The smallest absolute Gasteiger partial charge is 0.296 e. The summed E-state index contributed by atoms with van der Waals surface area (Å²) in [5.41, 5.74) is 3.98. The topological polar surface area (TPSA) is 118 Å². The summed E-state index contributed by atoms with van der Waals surface area (Å²) in [5, 5.41) is 19.0. The van der Waals surface area contributed by atoms with Gasteiger partial charge < -0.3 is 24.3 Å². The summed E-state index contributed by atoms with van der Waals surface area (Å²) in [6.07, 6.45) is -0.243. The van der Waals surface area contributed by atoms with Crippen LogP contribution in [-0.4, -0.2) is 67.9 Å². The molecule has 4 aromatic rings. The van der Waals surface area contributed by atoms with Gasteiger partial charge in [-0.1, -0.05) is 29.8 Å². The third kappa shape index (κ3) is 3.34. The van der Waals surface area contributed by atoms with E-state index in [0.717, 1.165) is 28.7 Å². The minimum Gasteiger partial charge on any atom is -0.456 e. The van der Waals surface area contributed by atoms with Gasteiger partial charge in [-0.2, -0.15) is 10.1 Å². The second kappa shape index (κ2) is 7.45. The molecular weight excluding hydrogens is 422 g/mol. The van der Waals surface area contributed by atoms with E-state index in [1.807, 2.05) is 30.3 Å². The lowest BCUT2D eigenvalue weighted by Crippen LogP contribution is -2.34. The van der Waals surface area contributed by atoms with E-state index in [0.29, 0.717) is 35.2 Å². The number of hydrogen-bond acceptors (Lipinski definition) is 7. The molecule has 6 rings (SSSR count). The standard InChI is InChI=1S/C21H20ClN5O4/c22-11-7-15-20(23-14(11)6-5-13-10-3-1-2-4-12(10)26-27-13)25-21(24-15)31-17-9-30-18-16(28)8-29-19(17)18/h1-4,7,16-19,28H,5-6,8-9H2,(H,26,27)(H,23,24,25)/t16-,17-,18-,19-/m1/s1. The normalized spacial score (nSPS) is 25.5. The molecule has 2 fully saturated rings. The fraction of sp³-hybridized carbons (Fsp3) is 0.381. The summed E-state index contributed by atoms with van der Waals surface area (Å²) < 4.78 is 17.1. The molecule has 10 heteroatoms. The van der Waals surface area contributed by atoms with Crippen molar-refractivity contribution in [3.05, 3.63) is 46.7 Å². The molecule has 160 valence electrons. The van der Waals surface area contributed by atoms with Crippen LogP contribution in [-0.2, 0) is 22.3 Å². The van der Waals surface area contributed by atoms with Crippen molar-refractivity contribution in [2.75, 3.05) is 13.2 Å². The van der Waals surface area contributed by atoms with Gasteiger partial charge in [0.2, 0.25) is 0 Å². The maximum Gasteiger partial charge on any atom is 0.296 e. The van der Waals surface area contributed by atoms with E-state index in [2.05, 4.69) is 25.1 Å². The van der Waals surface area contributed by atoms with Gasteiger partial charge >= 0.3 is 0 Å². The number of para-hydroxylation sites is 1. The van der Waals surface area contributed by atoms with E-state index >= 15 is 0 Å². The number of pyridine rings is 1. The number of nitrogens with zero attached hydrogens (tertiary/aromatic N) is 3. The minimum absolute atomic E-state index is 0.251. The summed E-state index contributed by atoms with van der Waals surface area (Å²) >= 11 is 6.49. The molecule has 3 aromatic heterocycles. The molecule has 4 atom stereocenters. The van der Waals surface area contributed by atoms with Gasteiger partial charge in [-0.05, 0) is 25.0 Å². The number of ether oxygens (including phenoxy) is 3. The number of aromatic amines is 2. The quantitative estimate of drug-likeness (QED) is 0.434. The van der Waals surface area contributed by atoms with Gasteiger partial charge in [0.05, 0.1) is 35.0 Å². The first-order valence-electron chi connectivity index (χ1n) is 10.2. The Labute approximate surface area is 181 Å². The number of rotatable bonds is 5. The number of benzene rings is 1. The van der Waals surface area contributed by atoms with Crippen molar-refractivity contribution in [3.8, 4) is 6.01 Å². The lowest BCUT2D eigenvalue weighted by molar-refractivity contribution is 0.00706. The van der Waals surface area contributed by atoms with Gasteiger partial charge in [-0.25, -0.2) is 4.98 Å². The lowest BCUT2D eigenvalue weighted by Gasteiger charge is -2.15. The van der Waals surface area contributed by atoms with Crippen molar-refractivity contribution >= 4 is 33.7 Å². The molecule has 5 heterocycles. The first kappa shape index (κ1) is 19.0. The van der Waals surface area contributed by atoms with Crippen molar-refractivity contribution in [3.63, 3.8) is 0 Å². The number of H-pyrrole nitrogens is 2. The fourth-order valence-corrected chi connectivity index (χ4v) is 4.55. The Hall–Kier alpha value is -2.72. The Morgan fingerprint density at radius 2 is 2.00 bits per heavy atom. The predicted molar refractivity (Wildman–Crippen MR) is 112 cm³/mol. The molecule has 2 aliphatic rings. The summed E-state index contributed by atoms with van der Waals surface area (Å²) in [7, 11) is 0. The molecule has 1 aromatic carbocycles. The summed E-state index contributed by atoms with van der Waals surface area (Å²) in [6, 6.07) is 10.1. The number of hydrogen-bond donors (Lipinski definition) is 3. The minimum atomic E-state index is -0.621. The summed E-state index contributed by atoms with van der Waals surface area (Å²) in [6.45, 7) is 0.586. The number of aromatic nitrogens is 5. The van der Waals surface area contributed by atoms with Crippen LogP contribution >= 0.6 is 11.6 Å². The summed E-state index contributed by atoms with van der Waals surface area (Å²) in [4.78, 5) is 12.2. The van der Waals surface area contributed by atoms with Crippen molar-refractivity contribution in [2.45, 2.75) is 37.3 Å². The van der Waals surface area contributed by atoms with Crippen LogP contribution in [0, 0.1) is 0 Å². The fourth-order valence-electron chi connectivity index (χ4n) is 4.30. The van der Waals surface area contributed by atoms with Crippen LogP contribution in [0.15, 0.2) is 30.3 Å². The second-order valence-electron chi connectivity index (χ2n) is 7.87. The van der Waals surface area contributed by atoms with Gasteiger partial charge in [0.25, 0.3) is 6.01 Å². The molecule has 0 unspecified atom stereocenters. The van der Waals surface area contributed by atoms with E-state index in [4.69, 9.17) is 25.8 Å². The van der Waals surface area contributed by atoms with Crippen LogP contribution < -0.4 is 4.74 Å². The number of halogens is 1. The zero-order valence-electron chi connectivity index (χ0n) is 16.4. The molecule has 2 aliphatic heterocycles. The van der Waals surface area contributed by atoms with Crippen molar-refractivity contribution in [1.29, 1.82) is 0 Å². The highest BCUT2D eigenvalue weighted by molar-refractivity contribution is 6.31. The number of fused-ring (bicyclic) bond motifs is 3. The monoisotopic (exact) mass is 441 g/mol. The molecule has 2 saturated heterocycles. The van der Waals surface area contributed by atoms with Crippen LogP contribution in [0.1, 0.15) is 11.4 Å². The van der Waals surface area contributed by atoms with E-state index in [-0.39, 0.29) is 24.9 Å². The molecule has 31 heavy (non-hydrogen) atoms.